The van der Waals surface area contributed by atoms with Crippen LogP contribution in [0.25, 0.3) is 0 Å². The lowest BCUT2D eigenvalue weighted by Gasteiger charge is -2.11. The van der Waals surface area contributed by atoms with Crippen LogP contribution in [0.4, 0.5) is 5.69 Å². The number of benzene rings is 1. The summed E-state index contributed by atoms with van der Waals surface area (Å²) in [5, 5.41) is 2.72. The average molecular weight is 335 g/mol. The van der Waals surface area contributed by atoms with Crippen LogP contribution in [0.3, 0.4) is 0 Å². The van der Waals surface area contributed by atoms with Crippen molar-refractivity contribution in [3.05, 3.63) is 29.3 Å². The van der Waals surface area contributed by atoms with Crippen molar-refractivity contribution in [2.75, 3.05) is 18.5 Å². The Hall–Kier alpha value is -2.37. The van der Waals surface area contributed by atoms with E-state index in [-0.39, 0.29) is 30.2 Å². The Balaban J connectivity index is 3.02. The molecule has 132 valence electrons. The van der Waals surface area contributed by atoms with Gasteiger partial charge in [-0.1, -0.05) is 13.8 Å². The number of amides is 1. The van der Waals surface area contributed by atoms with Crippen molar-refractivity contribution < 1.29 is 23.9 Å². The summed E-state index contributed by atoms with van der Waals surface area (Å²) in [6.45, 7) is 7.90. The number of hydrogen-bond acceptors (Lipinski definition) is 5. The molecule has 1 aromatic carbocycles. The second-order valence-corrected chi connectivity index (χ2v) is 5.72. The summed E-state index contributed by atoms with van der Waals surface area (Å²) in [7, 11) is 0. The molecule has 0 aliphatic heterocycles. The second-order valence-electron chi connectivity index (χ2n) is 5.72. The molecular weight excluding hydrogens is 310 g/mol. The van der Waals surface area contributed by atoms with E-state index in [4.69, 9.17) is 9.47 Å². The maximum atomic E-state index is 12.0. The van der Waals surface area contributed by atoms with E-state index in [1.54, 1.807) is 13.8 Å². The van der Waals surface area contributed by atoms with Gasteiger partial charge >= 0.3 is 11.9 Å². The lowest BCUT2D eigenvalue weighted by molar-refractivity contribution is -0.116. The van der Waals surface area contributed by atoms with E-state index in [0.717, 1.165) is 6.42 Å². The Kier molecular flexibility index (Phi) is 7.95. The molecule has 0 aliphatic carbocycles. The predicted molar refractivity (Wildman–Crippen MR) is 91.1 cm³/mol. The van der Waals surface area contributed by atoms with Gasteiger partial charge in [-0.25, -0.2) is 9.59 Å². The smallest absolute Gasteiger partial charge is 0.338 e. The molecule has 1 aromatic rings. The molecular formula is C18H25NO5. The molecule has 6 nitrogen and oxygen atoms in total. The number of ether oxygens (including phenoxy) is 2. The van der Waals surface area contributed by atoms with E-state index in [1.165, 1.54) is 18.2 Å². The van der Waals surface area contributed by atoms with Crippen LogP contribution < -0.4 is 5.32 Å². The summed E-state index contributed by atoms with van der Waals surface area (Å²) in [5.74, 6) is -0.862. The van der Waals surface area contributed by atoms with Crippen LogP contribution in [0.1, 0.15) is 61.3 Å². The third-order valence-electron chi connectivity index (χ3n) is 3.19. The Morgan fingerprint density at radius 3 is 1.88 bits per heavy atom. The van der Waals surface area contributed by atoms with Gasteiger partial charge in [-0.3, -0.25) is 4.79 Å². The molecule has 0 unspecified atom stereocenters. The molecule has 1 rings (SSSR count). The maximum Gasteiger partial charge on any atom is 0.338 e. The molecule has 0 heterocycles. The number of carbonyl (C=O) groups excluding carboxylic acids is 3. The van der Waals surface area contributed by atoms with Crippen molar-refractivity contribution in [1.82, 2.24) is 0 Å². The van der Waals surface area contributed by atoms with Crippen LogP contribution in [0.2, 0.25) is 0 Å². The van der Waals surface area contributed by atoms with Crippen LogP contribution >= 0.6 is 0 Å². The first kappa shape index (κ1) is 19.7. The van der Waals surface area contributed by atoms with Crippen LogP contribution in [-0.4, -0.2) is 31.1 Å². The van der Waals surface area contributed by atoms with Gasteiger partial charge in [-0.05, 0) is 44.4 Å². The molecule has 1 amide bonds. The molecule has 0 atom stereocenters. The first-order valence-electron chi connectivity index (χ1n) is 8.16. The van der Waals surface area contributed by atoms with Gasteiger partial charge in [0.15, 0.2) is 0 Å². The third-order valence-corrected chi connectivity index (χ3v) is 3.19. The van der Waals surface area contributed by atoms with E-state index < -0.39 is 11.9 Å². The number of esters is 2. The zero-order valence-electron chi connectivity index (χ0n) is 14.7. The molecule has 0 spiro atoms. The highest BCUT2D eigenvalue weighted by atomic mass is 16.5. The highest BCUT2D eigenvalue weighted by molar-refractivity contribution is 5.99. The Morgan fingerprint density at radius 1 is 0.958 bits per heavy atom. The van der Waals surface area contributed by atoms with Gasteiger partial charge in [-0.2, -0.15) is 0 Å². The maximum absolute atomic E-state index is 12.0. The van der Waals surface area contributed by atoms with Crippen molar-refractivity contribution in [1.29, 1.82) is 0 Å². The second kappa shape index (κ2) is 9.70. The zero-order chi connectivity index (χ0) is 18.1. The quantitative estimate of drug-likeness (QED) is 0.736. The Morgan fingerprint density at radius 2 is 1.46 bits per heavy atom. The first-order valence-corrected chi connectivity index (χ1v) is 8.16. The summed E-state index contributed by atoms with van der Waals surface area (Å²) in [6.07, 6.45) is 1.13. The minimum atomic E-state index is -0.554. The fourth-order valence-electron chi connectivity index (χ4n) is 2.01. The molecule has 0 bridgehead atoms. The Labute approximate surface area is 142 Å². The van der Waals surface area contributed by atoms with E-state index >= 15 is 0 Å². The fraction of sp³-hybridized carbons (Fsp3) is 0.500. The normalized spacial score (nSPS) is 10.4. The van der Waals surface area contributed by atoms with Crippen molar-refractivity contribution in [2.45, 2.75) is 40.5 Å². The molecule has 0 saturated carbocycles. The molecule has 24 heavy (non-hydrogen) atoms. The number of carbonyl (C=O) groups is 3. The molecule has 0 radical (unpaired) electrons. The molecule has 0 aliphatic rings. The van der Waals surface area contributed by atoms with Crippen LogP contribution in [0, 0.1) is 5.92 Å². The van der Waals surface area contributed by atoms with Crippen LogP contribution in [0.5, 0.6) is 0 Å². The predicted octanol–water partition coefficient (Wildman–Crippen LogP) is 3.41. The number of hydrogen-bond donors (Lipinski definition) is 1. The summed E-state index contributed by atoms with van der Waals surface area (Å²) in [4.78, 5) is 35.9. The van der Waals surface area contributed by atoms with Gasteiger partial charge in [0.25, 0.3) is 0 Å². The standard InChI is InChI=1S/C18H25NO5/c1-5-23-17(21)13-9-14(18(22)24-6-2)11-15(10-13)19-16(20)8-7-12(3)4/h9-12H,5-8H2,1-4H3,(H,19,20). The van der Waals surface area contributed by atoms with Crippen molar-refractivity contribution in [2.24, 2.45) is 5.92 Å². The minimum Gasteiger partial charge on any atom is -0.462 e. The summed E-state index contributed by atoms with van der Waals surface area (Å²) in [5.41, 5.74) is 0.764. The SMILES string of the molecule is CCOC(=O)c1cc(NC(=O)CCC(C)C)cc(C(=O)OCC)c1. The average Bonchev–Trinajstić information content (AvgIpc) is 2.53. The van der Waals surface area contributed by atoms with E-state index in [9.17, 15) is 14.4 Å². The number of nitrogens with one attached hydrogen (secondary N) is 1. The van der Waals surface area contributed by atoms with Crippen LogP contribution in [0.15, 0.2) is 18.2 Å². The molecule has 1 N–H and O–H groups in total. The topological polar surface area (TPSA) is 81.7 Å². The minimum absolute atomic E-state index is 0.167. The van der Waals surface area contributed by atoms with Gasteiger partial charge in [0, 0.05) is 12.1 Å². The van der Waals surface area contributed by atoms with Gasteiger partial charge in [-0.15, -0.1) is 0 Å². The molecule has 6 heteroatoms. The molecule has 0 aromatic heterocycles. The van der Waals surface area contributed by atoms with E-state index in [1.807, 2.05) is 13.8 Å². The fourth-order valence-corrected chi connectivity index (χ4v) is 2.01. The number of anilines is 1. The zero-order valence-corrected chi connectivity index (χ0v) is 14.7. The highest BCUT2D eigenvalue weighted by Crippen LogP contribution is 2.18. The van der Waals surface area contributed by atoms with Crippen molar-refractivity contribution in [3.8, 4) is 0 Å². The highest BCUT2D eigenvalue weighted by Gasteiger charge is 2.16. The van der Waals surface area contributed by atoms with Gasteiger partial charge in [0.1, 0.15) is 0 Å². The lowest BCUT2D eigenvalue weighted by Crippen LogP contribution is -2.15. The van der Waals surface area contributed by atoms with Crippen molar-refractivity contribution in [3.63, 3.8) is 0 Å². The lowest BCUT2D eigenvalue weighted by atomic mass is 10.1. The molecule has 0 saturated heterocycles. The van der Waals surface area contributed by atoms with Crippen LogP contribution in [-0.2, 0) is 14.3 Å². The molecule has 0 fully saturated rings. The van der Waals surface area contributed by atoms with Gasteiger partial charge in [0.2, 0.25) is 5.91 Å². The third kappa shape index (κ3) is 6.40. The van der Waals surface area contributed by atoms with E-state index in [0.29, 0.717) is 18.0 Å². The number of rotatable bonds is 8. The summed E-state index contributed by atoms with van der Waals surface area (Å²) >= 11 is 0. The first-order chi connectivity index (χ1) is 11.4. The van der Waals surface area contributed by atoms with Crippen molar-refractivity contribution >= 4 is 23.5 Å². The van der Waals surface area contributed by atoms with Gasteiger partial charge in [0.05, 0.1) is 24.3 Å². The largest absolute Gasteiger partial charge is 0.462 e. The summed E-state index contributed by atoms with van der Waals surface area (Å²) < 4.78 is 9.92. The van der Waals surface area contributed by atoms with E-state index in [2.05, 4.69) is 5.32 Å². The van der Waals surface area contributed by atoms with Gasteiger partial charge < -0.3 is 14.8 Å². The Bertz CT molecular complexity index is 559. The monoisotopic (exact) mass is 335 g/mol. The summed E-state index contributed by atoms with van der Waals surface area (Å²) in [6, 6.07) is 4.39.